The first-order valence-corrected chi connectivity index (χ1v) is 26.0. The van der Waals surface area contributed by atoms with E-state index in [2.05, 4.69) is 39.7 Å². The predicted octanol–water partition coefficient (Wildman–Crippen LogP) is -0.292. The molecule has 4 rings (SSSR count). The maximum absolute atomic E-state index is 12.6. The molecule has 0 radical (unpaired) electrons. The van der Waals surface area contributed by atoms with Gasteiger partial charge in [0.25, 0.3) is 5.56 Å². The molecule has 0 aromatic carbocycles. The van der Waals surface area contributed by atoms with Crippen LogP contribution in [-0.4, -0.2) is 131 Å². The molecule has 1 aromatic rings. The lowest BCUT2D eigenvalue weighted by molar-refractivity contribution is -0.122. The number of phosphoric acid groups is 3. The molecule has 0 saturated carbocycles. The lowest BCUT2D eigenvalue weighted by Gasteiger charge is -2.19. The van der Waals surface area contributed by atoms with Crippen LogP contribution in [0.2, 0.25) is 0 Å². The molecule has 1 aromatic heterocycles. The molecule has 4 unspecified atom stereocenters. The quantitative estimate of drug-likeness (QED) is 0.0291. The number of phosphoric ester groups is 1. The Balaban J connectivity index is 1.03. The van der Waals surface area contributed by atoms with Crippen LogP contribution in [0, 0.1) is 0 Å². The van der Waals surface area contributed by atoms with Crippen molar-refractivity contribution < 1.29 is 80.5 Å². The zero-order chi connectivity index (χ0) is 47.1. The molecule has 30 heteroatoms. The number of nitrogens with one attached hydrogen (secondary N) is 6. The number of H-pyrrole nitrogens is 1. The highest BCUT2D eigenvalue weighted by Gasteiger charge is 2.47. The van der Waals surface area contributed by atoms with Crippen molar-refractivity contribution in [2.24, 2.45) is 0 Å². The normalized spacial score (nSPS) is 25.0. The summed E-state index contributed by atoms with van der Waals surface area (Å²) >= 11 is 1.86. The molecule has 4 heterocycles. The second kappa shape index (κ2) is 25.0. The van der Waals surface area contributed by atoms with E-state index in [-0.39, 0.29) is 54.4 Å². The van der Waals surface area contributed by atoms with E-state index in [1.807, 2.05) is 16.7 Å². The number of hydrogen-bond acceptors (Lipinski definition) is 16. The van der Waals surface area contributed by atoms with Crippen LogP contribution in [0.3, 0.4) is 0 Å². The number of carbonyl (C=O) groups is 4. The zero-order valence-corrected chi connectivity index (χ0v) is 38.0. The van der Waals surface area contributed by atoms with Gasteiger partial charge in [0.05, 0.1) is 24.3 Å². The minimum atomic E-state index is -5.83. The topological polar surface area (TPSA) is 393 Å². The summed E-state index contributed by atoms with van der Waals surface area (Å²) < 4.78 is 52.0. The van der Waals surface area contributed by atoms with Crippen LogP contribution in [0.15, 0.2) is 21.9 Å². The summed E-state index contributed by atoms with van der Waals surface area (Å²) in [5.74, 6) is 0.589. The van der Waals surface area contributed by atoms with Gasteiger partial charge in [0.1, 0.15) is 18.3 Å². The molecule has 5 amide bonds. The third-order valence-electron chi connectivity index (χ3n) is 10.0. The summed E-state index contributed by atoms with van der Waals surface area (Å²) in [5, 5.41) is 35.6. The van der Waals surface area contributed by atoms with Crippen LogP contribution >= 0.6 is 35.2 Å². The Bertz CT molecular complexity index is 2070. The van der Waals surface area contributed by atoms with Crippen molar-refractivity contribution in [2.45, 2.75) is 119 Å². The van der Waals surface area contributed by atoms with Gasteiger partial charge in [0.15, 0.2) is 6.23 Å². The number of aliphatic hydroxyl groups excluding tert-OH is 2. The first-order valence-electron chi connectivity index (χ1n) is 20.4. The average molecular weight is 992 g/mol. The molecule has 0 spiro atoms. The zero-order valence-electron chi connectivity index (χ0n) is 34.5. The number of aliphatic hydroxyl groups is 2. The van der Waals surface area contributed by atoms with Gasteiger partial charge in [0, 0.05) is 56.1 Å². The number of unbranched alkanes of at least 4 members (excludes halogenated alkanes) is 5. The van der Waals surface area contributed by atoms with E-state index < -0.39 is 65.9 Å². The third-order valence-corrected chi connectivity index (χ3v) is 15.3. The Hall–Kier alpha value is -3.26. The molecule has 362 valence electrons. The first kappa shape index (κ1) is 53.4. The van der Waals surface area contributed by atoms with Crippen LogP contribution in [0.4, 0.5) is 4.79 Å². The number of aromatic nitrogens is 2. The number of carbonyl (C=O) groups excluding carboxylic acids is 4. The SMILES string of the molecule is O=C(CCCCCNC(=O)CCCCCNC(=O)CCCC[C@H]1SC[C@H]2NC(=O)N[C@H]21)NC/C=C/c1cn([C@@H]2O[C@H](COP(=O)(O)OP(=O)(O)OP(=O)(O)O)C(O)C2O)c(=O)[nH]c1=O. The lowest BCUT2D eigenvalue weighted by Crippen LogP contribution is -2.38. The van der Waals surface area contributed by atoms with Crippen molar-refractivity contribution in [1.29, 1.82) is 0 Å². The van der Waals surface area contributed by atoms with Crippen LogP contribution in [0.5, 0.6) is 0 Å². The number of fused-ring (bicyclic) bond motifs is 1. The standard InChI is InChI=1S/C34H56N7O19P3S/c42-25(12-3-1-8-16-36-27(44)14-6-5-11-24-28-22(20-64-24)38-33(48)39-28)35-15-7-2-4-13-26(43)37-17-9-10-21-18-41(34(49)40-31(21)47)32-30(46)29(45)23(58-32)19-57-62(53,54)60-63(55,56)59-61(50,51)52/h9-10,18,22-24,28-30,32,45-46H,1-8,11-17,19-20H2,(H,35,42)(H,36,44)(H,37,43)(H,53,54)(H,55,56)(H2,38,39,48)(H,40,47,49)(H2,50,51,52)/b10-9+/t22-,23-,24-,28-,29?,30?,32-/m1/s1. The summed E-state index contributed by atoms with van der Waals surface area (Å²) in [5.41, 5.74) is -2.09. The molecule has 3 saturated heterocycles. The van der Waals surface area contributed by atoms with Crippen LogP contribution in [0.1, 0.15) is 88.8 Å². The summed E-state index contributed by atoms with van der Waals surface area (Å²) in [6, 6.07) is 0.274. The largest absolute Gasteiger partial charge is 0.490 e. The Morgan fingerprint density at radius 1 is 0.812 bits per heavy atom. The minimum Gasteiger partial charge on any atom is -0.387 e. The summed E-state index contributed by atoms with van der Waals surface area (Å²) in [7, 11) is -17.1. The van der Waals surface area contributed by atoms with E-state index in [1.54, 1.807) is 0 Å². The fourth-order valence-corrected chi connectivity index (χ4v) is 11.5. The van der Waals surface area contributed by atoms with Gasteiger partial charge >= 0.3 is 35.2 Å². The highest BCUT2D eigenvalue weighted by molar-refractivity contribution is 8.00. The average Bonchev–Trinajstić information content (AvgIpc) is 3.84. The van der Waals surface area contributed by atoms with E-state index >= 15 is 0 Å². The van der Waals surface area contributed by atoms with Crippen molar-refractivity contribution in [3.63, 3.8) is 0 Å². The number of urea groups is 1. The van der Waals surface area contributed by atoms with Gasteiger partial charge in [-0.25, -0.2) is 23.3 Å². The van der Waals surface area contributed by atoms with E-state index in [1.165, 1.54) is 12.2 Å². The van der Waals surface area contributed by atoms with Crippen molar-refractivity contribution >= 4 is 65.1 Å². The number of nitrogens with zero attached hydrogens (tertiary/aromatic N) is 1. The number of rotatable bonds is 28. The summed E-state index contributed by atoms with van der Waals surface area (Å²) in [6.45, 7) is -0.110. The molecule has 3 fully saturated rings. The van der Waals surface area contributed by atoms with E-state index in [4.69, 9.17) is 14.5 Å². The second-order valence-electron chi connectivity index (χ2n) is 15.1. The maximum Gasteiger partial charge on any atom is 0.490 e. The van der Waals surface area contributed by atoms with Crippen LogP contribution in [-0.2, 0) is 46.0 Å². The number of amides is 5. The smallest absolute Gasteiger partial charge is 0.387 e. The highest BCUT2D eigenvalue weighted by Crippen LogP contribution is 2.66. The number of thioether (sulfide) groups is 1. The molecule has 0 aliphatic carbocycles. The maximum atomic E-state index is 12.6. The molecule has 64 heavy (non-hydrogen) atoms. The monoisotopic (exact) mass is 991 g/mol. The minimum absolute atomic E-state index is 0.00768. The van der Waals surface area contributed by atoms with Gasteiger partial charge in [-0.3, -0.25) is 33.3 Å². The van der Waals surface area contributed by atoms with E-state index in [0.29, 0.717) is 61.4 Å². The van der Waals surface area contributed by atoms with Gasteiger partial charge < -0.3 is 61.1 Å². The molecular formula is C34H56N7O19P3S. The lowest BCUT2D eigenvalue weighted by atomic mass is 10.0. The van der Waals surface area contributed by atoms with E-state index in [0.717, 1.165) is 44.1 Å². The van der Waals surface area contributed by atoms with Crippen molar-refractivity contribution in [3.8, 4) is 0 Å². The summed E-state index contributed by atoms with van der Waals surface area (Å²) in [6.07, 6.45) is 4.34. The molecule has 0 bridgehead atoms. The summed E-state index contributed by atoms with van der Waals surface area (Å²) in [4.78, 5) is 111. The number of ether oxygens (including phenoxy) is 1. The Labute approximate surface area is 370 Å². The molecule has 3 aliphatic rings. The van der Waals surface area contributed by atoms with Gasteiger partial charge in [-0.15, -0.1) is 0 Å². The Morgan fingerprint density at radius 2 is 1.42 bits per heavy atom. The van der Waals surface area contributed by atoms with Gasteiger partial charge in [-0.2, -0.15) is 20.4 Å². The van der Waals surface area contributed by atoms with Gasteiger partial charge in [0.2, 0.25) is 17.7 Å². The van der Waals surface area contributed by atoms with Crippen LogP contribution < -0.4 is 37.8 Å². The van der Waals surface area contributed by atoms with Gasteiger partial charge in [-0.1, -0.05) is 31.4 Å². The van der Waals surface area contributed by atoms with Crippen LogP contribution in [0.25, 0.3) is 6.08 Å². The molecular weight excluding hydrogens is 935 g/mol. The second-order valence-corrected chi connectivity index (χ2v) is 20.8. The molecule has 3 aliphatic heterocycles. The predicted molar refractivity (Wildman–Crippen MR) is 226 cm³/mol. The fourth-order valence-electron chi connectivity index (χ4n) is 6.90. The van der Waals surface area contributed by atoms with Crippen molar-refractivity contribution in [1.82, 2.24) is 36.1 Å². The Morgan fingerprint density at radius 3 is 2.05 bits per heavy atom. The van der Waals surface area contributed by atoms with Crippen molar-refractivity contribution in [2.75, 3.05) is 32.0 Å². The van der Waals surface area contributed by atoms with Gasteiger partial charge in [-0.05, 0) is 38.5 Å². The highest BCUT2D eigenvalue weighted by atomic mass is 32.2. The first-order chi connectivity index (χ1) is 30.1. The number of hydrogen-bond donors (Lipinski definition) is 12. The number of aromatic amines is 1. The van der Waals surface area contributed by atoms with E-state index in [9.17, 15) is 62.5 Å². The molecule has 26 nitrogen and oxygen atoms in total. The molecule has 9 atom stereocenters. The third kappa shape index (κ3) is 18.2. The molecule has 12 N–H and O–H groups in total. The fraction of sp³-hybridized carbons (Fsp3) is 0.706. The van der Waals surface area contributed by atoms with Crippen molar-refractivity contribution in [3.05, 3.63) is 38.7 Å². The Kier molecular flexibility index (Phi) is 20.9.